The molecule has 3 heteroatoms. The second kappa shape index (κ2) is 2.92. The van der Waals surface area contributed by atoms with E-state index >= 15 is 0 Å². The lowest BCUT2D eigenvalue weighted by Crippen LogP contribution is -2.34. The van der Waals surface area contributed by atoms with Crippen LogP contribution in [-0.2, 0) is 24.2 Å². The SMILES string of the molecule is CN1C(=O)Cn2c3c(c4cccc1c42)CCC3. The summed E-state index contributed by atoms with van der Waals surface area (Å²) < 4.78 is 2.25. The minimum Gasteiger partial charge on any atom is -0.333 e. The fourth-order valence-electron chi connectivity index (χ4n) is 3.33. The van der Waals surface area contributed by atoms with Crippen molar-refractivity contribution < 1.29 is 4.79 Å². The monoisotopic (exact) mass is 226 g/mol. The van der Waals surface area contributed by atoms with E-state index in [-0.39, 0.29) is 5.91 Å². The van der Waals surface area contributed by atoms with Crippen LogP contribution in [0.1, 0.15) is 17.7 Å². The van der Waals surface area contributed by atoms with Gasteiger partial charge >= 0.3 is 0 Å². The normalized spacial score (nSPS) is 17.9. The largest absolute Gasteiger partial charge is 0.333 e. The predicted molar refractivity (Wildman–Crippen MR) is 67.4 cm³/mol. The fraction of sp³-hybridized carbons (Fsp3) is 0.357. The van der Waals surface area contributed by atoms with Crippen LogP contribution in [0, 0.1) is 0 Å². The van der Waals surface area contributed by atoms with Crippen molar-refractivity contribution in [2.24, 2.45) is 0 Å². The van der Waals surface area contributed by atoms with E-state index < -0.39 is 0 Å². The first-order valence-electron chi connectivity index (χ1n) is 6.17. The molecule has 0 spiro atoms. The molecule has 0 atom stereocenters. The zero-order chi connectivity index (χ0) is 11.6. The van der Waals surface area contributed by atoms with Gasteiger partial charge in [0.05, 0.1) is 11.2 Å². The van der Waals surface area contributed by atoms with Crippen LogP contribution in [0.25, 0.3) is 10.9 Å². The van der Waals surface area contributed by atoms with Crippen molar-refractivity contribution in [2.75, 3.05) is 11.9 Å². The topological polar surface area (TPSA) is 25.2 Å². The van der Waals surface area contributed by atoms with E-state index in [4.69, 9.17) is 0 Å². The van der Waals surface area contributed by atoms with Gasteiger partial charge in [0.25, 0.3) is 0 Å². The Bertz CT molecular complexity index is 654. The van der Waals surface area contributed by atoms with Crippen molar-refractivity contribution in [3.63, 3.8) is 0 Å². The highest BCUT2D eigenvalue weighted by molar-refractivity contribution is 6.07. The number of carbonyl (C=O) groups excluding carboxylic acids is 1. The summed E-state index contributed by atoms with van der Waals surface area (Å²) in [5, 5.41) is 1.36. The number of anilines is 1. The number of aromatic nitrogens is 1. The summed E-state index contributed by atoms with van der Waals surface area (Å²) in [6.45, 7) is 0.513. The molecule has 1 aliphatic carbocycles. The maximum absolute atomic E-state index is 12.0. The van der Waals surface area contributed by atoms with Gasteiger partial charge in [0, 0.05) is 18.1 Å². The summed E-state index contributed by atoms with van der Waals surface area (Å²) in [5.41, 5.74) is 5.20. The molecule has 4 rings (SSSR count). The number of nitrogens with zero attached hydrogens (tertiary/aromatic N) is 2. The quantitative estimate of drug-likeness (QED) is 0.675. The van der Waals surface area contributed by atoms with E-state index in [0.29, 0.717) is 6.54 Å². The lowest BCUT2D eigenvalue weighted by molar-refractivity contribution is -0.119. The lowest BCUT2D eigenvalue weighted by Gasteiger charge is -2.26. The minimum absolute atomic E-state index is 0.190. The molecule has 0 N–H and O–H groups in total. The second-order valence-electron chi connectivity index (χ2n) is 4.99. The van der Waals surface area contributed by atoms with E-state index in [0.717, 1.165) is 12.1 Å². The highest BCUT2D eigenvalue weighted by Gasteiger charge is 2.29. The number of fused-ring (bicyclic) bond motifs is 3. The first-order valence-corrected chi connectivity index (χ1v) is 6.17. The smallest absolute Gasteiger partial charge is 0.246 e. The van der Waals surface area contributed by atoms with Crippen molar-refractivity contribution >= 4 is 22.5 Å². The molecule has 17 heavy (non-hydrogen) atoms. The Balaban J connectivity index is 2.18. The Morgan fingerprint density at radius 1 is 1.24 bits per heavy atom. The standard InChI is InChI=1S/C14H14N2O/c1-15-12-7-3-5-10-9-4-2-6-11(9)16(14(10)12)8-13(15)17/h3,5,7H,2,4,6,8H2,1H3. The van der Waals surface area contributed by atoms with Gasteiger partial charge in [-0.05, 0) is 30.9 Å². The highest BCUT2D eigenvalue weighted by atomic mass is 16.2. The number of hydrogen-bond acceptors (Lipinski definition) is 1. The average Bonchev–Trinajstić information content (AvgIpc) is 2.90. The third-order valence-electron chi connectivity index (χ3n) is 4.15. The molecule has 1 amide bonds. The van der Waals surface area contributed by atoms with Gasteiger partial charge in [-0.3, -0.25) is 4.79 Å². The molecule has 0 saturated heterocycles. The van der Waals surface area contributed by atoms with E-state index in [1.54, 1.807) is 4.90 Å². The number of rotatable bonds is 0. The van der Waals surface area contributed by atoms with Crippen LogP contribution in [0.5, 0.6) is 0 Å². The summed E-state index contributed by atoms with van der Waals surface area (Å²) >= 11 is 0. The number of aryl methyl sites for hydroxylation is 1. The highest BCUT2D eigenvalue weighted by Crippen LogP contribution is 2.39. The number of carbonyl (C=O) groups is 1. The maximum Gasteiger partial charge on any atom is 0.246 e. The number of hydrogen-bond donors (Lipinski definition) is 0. The number of amides is 1. The third kappa shape index (κ3) is 0.996. The van der Waals surface area contributed by atoms with E-state index in [1.165, 1.54) is 35.0 Å². The van der Waals surface area contributed by atoms with Crippen molar-refractivity contribution in [1.82, 2.24) is 4.57 Å². The summed E-state index contributed by atoms with van der Waals surface area (Å²) in [6, 6.07) is 6.31. The molecule has 2 aromatic rings. The van der Waals surface area contributed by atoms with Crippen molar-refractivity contribution in [2.45, 2.75) is 25.8 Å². The average molecular weight is 226 g/mol. The molecule has 3 nitrogen and oxygen atoms in total. The van der Waals surface area contributed by atoms with E-state index in [2.05, 4.69) is 16.7 Å². The Hall–Kier alpha value is -1.77. The molecule has 2 heterocycles. The van der Waals surface area contributed by atoms with Gasteiger partial charge in [0.15, 0.2) is 0 Å². The molecule has 0 unspecified atom stereocenters. The molecule has 2 aliphatic rings. The molecular weight excluding hydrogens is 212 g/mol. The Morgan fingerprint density at radius 2 is 2.12 bits per heavy atom. The summed E-state index contributed by atoms with van der Waals surface area (Å²) in [5.74, 6) is 0.190. The number of likely N-dealkylation sites (N-methyl/N-ethyl adjacent to an activating group) is 1. The molecule has 1 aromatic carbocycles. The van der Waals surface area contributed by atoms with Crippen LogP contribution in [0.4, 0.5) is 5.69 Å². The zero-order valence-corrected chi connectivity index (χ0v) is 9.86. The van der Waals surface area contributed by atoms with Gasteiger partial charge in [0.1, 0.15) is 6.54 Å². The van der Waals surface area contributed by atoms with Crippen LogP contribution in [0.15, 0.2) is 18.2 Å². The minimum atomic E-state index is 0.190. The Morgan fingerprint density at radius 3 is 3.00 bits per heavy atom. The zero-order valence-electron chi connectivity index (χ0n) is 9.86. The van der Waals surface area contributed by atoms with E-state index in [9.17, 15) is 4.79 Å². The van der Waals surface area contributed by atoms with Crippen LogP contribution in [-0.4, -0.2) is 17.5 Å². The van der Waals surface area contributed by atoms with Gasteiger partial charge < -0.3 is 9.47 Å². The molecular formula is C14H14N2O. The molecule has 0 saturated carbocycles. The number of para-hydroxylation sites is 1. The maximum atomic E-state index is 12.0. The predicted octanol–water partition coefficient (Wildman–Crippen LogP) is 2.11. The fourth-order valence-corrected chi connectivity index (χ4v) is 3.33. The van der Waals surface area contributed by atoms with E-state index in [1.807, 2.05) is 13.1 Å². The number of benzene rings is 1. The van der Waals surface area contributed by atoms with Crippen LogP contribution >= 0.6 is 0 Å². The molecule has 0 fully saturated rings. The first-order chi connectivity index (χ1) is 8.27. The van der Waals surface area contributed by atoms with Crippen LogP contribution < -0.4 is 4.90 Å². The first kappa shape index (κ1) is 9.28. The van der Waals surface area contributed by atoms with Crippen LogP contribution in [0.2, 0.25) is 0 Å². The lowest BCUT2D eigenvalue weighted by atomic mass is 10.1. The summed E-state index contributed by atoms with van der Waals surface area (Å²) in [4.78, 5) is 13.8. The molecule has 1 aliphatic heterocycles. The van der Waals surface area contributed by atoms with Gasteiger partial charge in [-0.2, -0.15) is 0 Å². The third-order valence-corrected chi connectivity index (χ3v) is 4.15. The summed E-state index contributed by atoms with van der Waals surface area (Å²) in [7, 11) is 1.87. The van der Waals surface area contributed by atoms with Gasteiger partial charge in [0.2, 0.25) is 5.91 Å². The van der Waals surface area contributed by atoms with Crippen molar-refractivity contribution in [1.29, 1.82) is 0 Å². The second-order valence-corrected chi connectivity index (χ2v) is 4.99. The molecule has 1 aromatic heterocycles. The van der Waals surface area contributed by atoms with Gasteiger partial charge in [-0.15, -0.1) is 0 Å². The Labute approximate surface area is 99.6 Å². The van der Waals surface area contributed by atoms with Crippen molar-refractivity contribution in [3.05, 3.63) is 29.5 Å². The van der Waals surface area contributed by atoms with Gasteiger partial charge in [-0.25, -0.2) is 0 Å². The molecule has 0 bridgehead atoms. The molecule has 0 radical (unpaired) electrons. The molecule has 86 valence electrons. The summed E-state index contributed by atoms with van der Waals surface area (Å²) in [6.07, 6.45) is 3.52. The van der Waals surface area contributed by atoms with Crippen LogP contribution in [0.3, 0.4) is 0 Å². The van der Waals surface area contributed by atoms with Gasteiger partial charge in [-0.1, -0.05) is 12.1 Å². The Kier molecular flexibility index (Phi) is 1.59. The van der Waals surface area contributed by atoms with Crippen molar-refractivity contribution in [3.8, 4) is 0 Å².